The molecule has 0 saturated heterocycles. The number of halogens is 1. The molecule has 0 fully saturated rings. The van der Waals surface area contributed by atoms with E-state index in [0.29, 0.717) is 23.6 Å². The minimum atomic E-state index is -3.06. The molecule has 0 heterocycles. The molecule has 1 rings (SSSR count). The lowest BCUT2D eigenvalue weighted by Crippen LogP contribution is -2.12. The Hall–Kier alpha value is -0.550. The minimum Gasteiger partial charge on any atom is -0.398 e. The third-order valence-corrected chi connectivity index (χ3v) is 4.59. The highest BCUT2D eigenvalue weighted by Crippen LogP contribution is 2.21. The van der Waals surface area contributed by atoms with Crippen LogP contribution in [0.3, 0.4) is 0 Å². The van der Waals surface area contributed by atoms with E-state index in [0.717, 1.165) is 4.47 Å². The van der Waals surface area contributed by atoms with Gasteiger partial charge in [0.05, 0.1) is 11.5 Å². The fourth-order valence-electron chi connectivity index (χ4n) is 1.42. The van der Waals surface area contributed by atoms with E-state index in [1.807, 2.05) is 19.9 Å². The first-order valence-corrected chi connectivity index (χ1v) is 8.16. The summed E-state index contributed by atoms with van der Waals surface area (Å²) in [6.07, 6.45) is 0.693. The van der Waals surface area contributed by atoms with Crippen LogP contribution in [0.5, 0.6) is 0 Å². The molecule has 0 aliphatic heterocycles. The molecular formula is C12H18BrNO2S. The molecule has 0 spiro atoms. The molecule has 1 aromatic rings. The number of anilines is 1. The van der Waals surface area contributed by atoms with Gasteiger partial charge in [0.2, 0.25) is 0 Å². The van der Waals surface area contributed by atoms with E-state index in [4.69, 9.17) is 5.73 Å². The van der Waals surface area contributed by atoms with E-state index in [1.165, 1.54) is 0 Å². The summed E-state index contributed by atoms with van der Waals surface area (Å²) >= 11 is 3.30. The lowest BCUT2D eigenvalue weighted by Gasteiger charge is -2.09. The van der Waals surface area contributed by atoms with Crippen LogP contribution >= 0.6 is 15.9 Å². The molecule has 0 aliphatic rings. The highest BCUT2D eigenvalue weighted by molar-refractivity contribution is 9.10. The first kappa shape index (κ1) is 14.5. The van der Waals surface area contributed by atoms with Gasteiger partial charge in [0.1, 0.15) is 0 Å². The largest absolute Gasteiger partial charge is 0.398 e. The normalized spacial score (nSPS) is 12.0. The summed E-state index contributed by atoms with van der Waals surface area (Å²) in [4.78, 5) is 0. The molecule has 1 aromatic carbocycles. The second-order valence-corrected chi connectivity index (χ2v) is 7.72. The van der Waals surface area contributed by atoms with Gasteiger partial charge in [-0.3, -0.25) is 0 Å². The van der Waals surface area contributed by atoms with Crippen molar-refractivity contribution < 1.29 is 8.42 Å². The van der Waals surface area contributed by atoms with Crippen molar-refractivity contribution in [3.05, 3.63) is 28.2 Å². The lowest BCUT2D eigenvalue weighted by molar-refractivity contribution is 0.573. The maximum absolute atomic E-state index is 11.9. The fraction of sp³-hybridized carbons (Fsp3) is 0.500. The zero-order valence-corrected chi connectivity index (χ0v) is 12.5. The quantitative estimate of drug-likeness (QED) is 0.849. The van der Waals surface area contributed by atoms with Crippen molar-refractivity contribution in [3.8, 4) is 0 Å². The summed E-state index contributed by atoms with van der Waals surface area (Å²) in [5.41, 5.74) is 6.99. The van der Waals surface area contributed by atoms with Gasteiger partial charge in [0.15, 0.2) is 9.84 Å². The number of nitrogens with two attached hydrogens (primary N) is 1. The van der Waals surface area contributed by atoms with Gasteiger partial charge < -0.3 is 5.73 Å². The van der Waals surface area contributed by atoms with Crippen molar-refractivity contribution >= 4 is 31.5 Å². The molecule has 2 N–H and O–H groups in total. The zero-order chi connectivity index (χ0) is 13.1. The molecule has 0 aliphatic carbocycles. The molecule has 3 nitrogen and oxygen atoms in total. The van der Waals surface area contributed by atoms with Gasteiger partial charge in [0.25, 0.3) is 0 Å². The van der Waals surface area contributed by atoms with E-state index in [1.54, 1.807) is 12.1 Å². The fourth-order valence-corrected chi connectivity index (χ4v) is 3.51. The third kappa shape index (κ3) is 5.08. The van der Waals surface area contributed by atoms with Crippen LogP contribution in [0.25, 0.3) is 0 Å². The summed E-state index contributed by atoms with van der Waals surface area (Å²) in [6.45, 7) is 4.03. The zero-order valence-electron chi connectivity index (χ0n) is 10.1. The third-order valence-electron chi connectivity index (χ3n) is 2.49. The van der Waals surface area contributed by atoms with E-state index >= 15 is 0 Å². The highest BCUT2D eigenvalue weighted by Gasteiger charge is 2.14. The number of hydrogen-bond acceptors (Lipinski definition) is 3. The highest BCUT2D eigenvalue weighted by atomic mass is 79.9. The van der Waals surface area contributed by atoms with Crippen LogP contribution in [0.2, 0.25) is 0 Å². The van der Waals surface area contributed by atoms with Gasteiger partial charge in [-0.25, -0.2) is 8.42 Å². The Morgan fingerprint density at radius 1 is 1.35 bits per heavy atom. The number of sulfone groups is 1. The average Bonchev–Trinajstić information content (AvgIpc) is 2.20. The monoisotopic (exact) mass is 319 g/mol. The molecule has 0 radical (unpaired) electrons. The van der Waals surface area contributed by atoms with Gasteiger partial charge in [-0.2, -0.15) is 0 Å². The summed E-state index contributed by atoms with van der Waals surface area (Å²) < 4.78 is 24.6. The van der Waals surface area contributed by atoms with Gasteiger partial charge >= 0.3 is 0 Å². The Morgan fingerprint density at radius 3 is 2.53 bits per heavy atom. The Balaban J connectivity index is 2.76. The van der Waals surface area contributed by atoms with Crippen LogP contribution in [0.15, 0.2) is 22.7 Å². The standard InChI is InChI=1S/C12H18BrNO2S/c1-9(2)5-6-17(15,16)8-10-3-4-11(13)7-12(10)14/h3-4,7,9H,5-6,8,14H2,1-2H3. The maximum Gasteiger partial charge on any atom is 0.154 e. The van der Waals surface area contributed by atoms with Crippen LogP contribution in [0.1, 0.15) is 25.8 Å². The van der Waals surface area contributed by atoms with Gasteiger partial charge in [-0.15, -0.1) is 0 Å². The molecule has 0 amide bonds. The predicted octanol–water partition coefficient (Wildman–Crippen LogP) is 2.99. The smallest absolute Gasteiger partial charge is 0.154 e. The van der Waals surface area contributed by atoms with Crippen LogP contribution in [0.4, 0.5) is 5.69 Å². The lowest BCUT2D eigenvalue weighted by atomic mass is 10.2. The molecule has 0 bridgehead atoms. The van der Waals surface area contributed by atoms with Crippen molar-refractivity contribution in [1.29, 1.82) is 0 Å². The van der Waals surface area contributed by atoms with E-state index in [9.17, 15) is 8.42 Å². The summed E-state index contributed by atoms with van der Waals surface area (Å²) in [7, 11) is -3.06. The Bertz CT molecular complexity index is 483. The van der Waals surface area contributed by atoms with Gasteiger partial charge in [-0.1, -0.05) is 35.8 Å². The second kappa shape index (κ2) is 5.87. The van der Waals surface area contributed by atoms with Crippen molar-refractivity contribution in [2.75, 3.05) is 11.5 Å². The van der Waals surface area contributed by atoms with Crippen molar-refractivity contribution in [1.82, 2.24) is 0 Å². The first-order valence-electron chi connectivity index (χ1n) is 5.54. The van der Waals surface area contributed by atoms with Crippen LogP contribution in [-0.4, -0.2) is 14.2 Å². The predicted molar refractivity (Wildman–Crippen MR) is 75.5 cm³/mol. The van der Waals surface area contributed by atoms with Crippen LogP contribution in [0, 0.1) is 5.92 Å². The van der Waals surface area contributed by atoms with E-state index in [-0.39, 0.29) is 11.5 Å². The number of hydrogen-bond donors (Lipinski definition) is 1. The van der Waals surface area contributed by atoms with Gasteiger partial charge in [0, 0.05) is 10.2 Å². The maximum atomic E-state index is 11.9. The second-order valence-electron chi connectivity index (χ2n) is 4.62. The first-order chi connectivity index (χ1) is 7.80. The van der Waals surface area contributed by atoms with Crippen molar-refractivity contribution in [3.63, 3.8) is 0 Å². The SMILES string of the molecule is CC(C)CCS(=O)(=O)Cc1ccc(Br)cc1N. The Morgan fingerprint density at radius 2 is 2.00 bits per heavy atom. The van der Waals surface area contributed by atoms with Crippen molar-refractivity contribution in [2.24, 2.45) is 5.92 Å². The average molecular weight is 320 g/mol. The number of rotatable bonds is 5. The number of benzene rings is 1. The molecule has 5 heteroatoms. The molecule has 0 saturated carbocycles. The van der Waals surface area contributed by atoms with Crippen LogP contribution < -0.4 is 5.73 Å². The van der Waals surface area contributed by atoms with E-state index < -0.39 is 9.84 Å². The molecule has 17 heavy (non-hydrogen) atoms. The Kier molecular flexibility index (Phi) is 5.01. The van der Waals surface area contributed by atoms with E-state index in [2.05, 4.69) is 15.9 Å². The summed E-state index contributed by atoms with van der Waals surface area (Å²) in [6, 6.07) is 5.29. The van der Waals surface area contributed by atoms with Crippen LogP contribution in [-0.2, 0) is 15.6 Å². The molecule has 0 atom stereocenters. The Labute approximate surface area is 111 Å². The topological polar surface area (TPSA) is 60.2 Å². The number of nitrogen functional groups attached to an aromatic ring is 1. The van der Waals surface area contributed by atoms with Gasteiger partial charge in [-0.05, 0) is 30.0 Å². The molecule has 96 valence electrons. The summed E-state index contributed by atoms with van der Waals surface area (Å²) in [5, 5.41) is 0. The van der Waals surface area contributed by atoms with Crippen molar-refractivity contribution in [2.45, 2.75) is 26.0 Å². The minimum absolute atomic E-state index is 0.0266. The molecular weight excluding hydrogens is 302 g/mol. The molecule has 0 unspecified atom stereocenters. The summed E-state index contributed by atoms with van der Waals surface area (Å²) in [5.74, 6) is 0.644. The molecule has 0 aromatic heterocycles.